The van der Waals surface area contributed by atoms with Crippen LogP contribution in [0.4, 0.5) is 5.69 Å². The second kappa shape index (κ2) is 6.50. The first-order valence-corrected chi connectivity index (χ1v) is 7.65. The van der Waals surface area contributed by atoms with Crippen LogP contribution in [0, 0.1) is 0 Å². The minimum atomic E-state index is -0.0957. The van der Waals surface area contributed by atoms with Crippen LogP contribution in [0.3, 0.4) is 0 Å². The molecule has 2 rings (SSSR count). The van der Waals surface area contributed by atoms with Gasteiger partial charge in [-0.05, 0) is 52.7 Å². The smallest absolute Gasteiger partial charge is 0.255 e. The summed E-state index contributed by atoms with van der Waals surface area (Å²) in [5, 5.41) is 0.658. The maximum absolute atomic E-state index is 12.6. The van der Waals surface area contributed by atoms with Crippen molar-refractivity contribution >= 4 is 39.1 Å². The van der Waals surface area contributed by atoms with Gasteiger partial charge < -0.3 is 10.6 Å². The molecule has 0 radical (unpaired) electrons. The minimum Gasteiger partial charge on any atom is -0.398 e. The quantitative estimate of drug-likeness (QED) is 0.811. The summed E-state index contributed by atoms with van der Waals surface area (Å²) in [4.78, 5) is 14.3. The third-order valence-electron chi connectivity index (χ3n) is 3.49. The summed E-state index contributed by atoms with van der Waals surface area (Å²) < 4.78 is 0.625. The third kappa shape index (κ3) is 3.39. The highest BCUT2D eigenvalue weighted by molar-refractivity contribution is 9.10. The van der Waals surface area contributed by atoms with E-state index in [9.17, 15) is 4.79 Å². The van der Waals surface area contributed by atoms with Crippen LogP contribution in [-0.4, -0.2) is 17.9 Å². The van der Waals surface area contributed by atoms with E-state index in [2.05, 4.69) is 15.9 Å². The first-order chi connectivity index (χ1) is 9.91. The zero-order chi connectivity index (χ0) is 15.6. The molecular weight excluding hydrogens is 352 g/mol. The highest BCUT2D eigenvalue weighted by Gasteiger charge is 2.21. The molecule has 0 aromatic heterocycles. The summed E-state index contributed by atoms with van der Waals surface area (Å²) in [6.07, 6.45) is 0. The van der Waals surface area contributed by atoms with E-state index in [-0.39, 0.29) is 11.9 Å². The predicted octanol–water partition coefficient (Wildman–Crippen LogP) is 4.52. The lowest BCUT2D eigenvalue weighted by Crippen LogP contribution is -2.30. The number of halogens is 2. The second-order valence-corrected chi connectivity index (χ2v) is 6.09. The molecule has 2 aromatic carbocycles. The lowest BCUT2D eigenvalue weighted by molar-refractivity contribution is 0.0742. The lowest BCUT2D eigenvalue weighted by atomic mass is 10.1. The average Bonchev–Trinajstić information content (AvgIpc) is 2.48. The SMILES string of the molecule is CC(c1cccc(Cl)c1)N(C)C(=O)c1cccc(N)c1Br. The lowest BCUT2D eigenvalue weighted by Gasteiger charge is -2.26. The molecule has 0 fully saturated rings. The molecule has 3 nitrogen and oxygen atoms in total. The van der Waals surface area contributed by atoms with Gasteiger partial charge >= 0.3 is 0 Å². The maximum Gasteiger partial charge on any atom is 0.255 e. The molecule has 21 heavy (non-hydrogen) atoms. The Morgan fingerprint density at radius 2 is 1.95 bits per heavy atom. The van der Waals surface area contributed by atoms with Crippen molar-refractivity contribution in [3.8, 4) is 0 Å². The number of rotatable bonds is 3. The summed E-state index contributed by atoms with van der Waals surface area (Å²) in [6.45, 7) is 1.96. The molecule has 1 atom stereocenters. The van der Waals surface area contributed by atoms with E-state index in [0.717, 1.165) is 5.56 Å². The van der Waals surface area contributed by atoms with Crippen LogP contribution in [0.2, 0.25) is 5.02 Å². The molecule has 110 valence electrons. The maximum atomic E-state index is 12.6. The number of carbonyl (C=O) groups excluding carboxylic acids is 1. The molecule has 1 amide bonds. The average molecular weight is 368 g/mol. The molecule has 0 saturated carbocycles. The van der Waals surface area contributed by atoms with E-state index in [4.69, 9.17) is 17.3 Å². The molecule has 0 bridgehead atoms. The Morgan fingerprint density at radius 3 is 2.62 bits per heavy atom. The Labute approximate surface area is 137 Å². The Balaban J connectivity index is 2.29. The number of nitrogens with two attached hydrogens (primary N) is 1. The standard InChI is InChI=1S/C16H16BrClN2O/c1-10(11-5-3-6-12(18)9-11)20(2)16(21)13-7-4-8-14(19)15(13)17/h3-10H,19H2,1-2H3. The van der Waals surface area contributed by atoms with Gasteiger partial charge in [-0.3, -0.25) is 4.79 Å². The van der Waals surface area contributed by atoms with Gasteiger partial charge in [0.2, 0.25) is 0 Å². The predicted molar refractivity (Wildman–Crippen MR) is 90.5 cm³/mol. The topological polar surface area (TPSA) is 46.3 Å². The van der Waals surface area contributed by atoms with E-state index in [1.807, 2.05) is 31.2 Å². The first kappa shape index (κ1) is 15.9. The number of nitrogen functional groups attached to an aromatic ring is 1. The van der Waals surface area contributed by atoms with Crippen molar-refractivity contribution in [1.82, 2.24) is 4.90 Å². The highest BCUT2D eigenvalue weighted by Crippen LogP contribution is 2.28. The van der Waals surface area contributed by atoms with Gasteiger partial charge in [0.05, 0.1) is 16.1 Å². The Morgan fingerprint density at radius 1 is 1.29 bits per heavy atom. The minimum absolute atomic E-state index is 0.0930. The molecule has 0 aliphatic carbocycles. The first-order valence-electron chi connectivity index (χ1n) is 6.48. The van der Waals surface area contributed by atoms with Gasteiger partial charge in [-0.15, -0.1) is 0 Å². The van der Waals surface area contributed by atoms with Crippen LogP contribution < -0.4 is 5.73 Å². The summed E-state index contributed by atoms with van der Waals surface area (Å²) >= 11 is 9.38. The number of amides is 1. The van der Waals surface area contributed by atoms with Crippen molar-refractivity contribution in [1.29, 1.82) is 0 Å². The number of hydrogen-bond donors (Lipinski definition) is 1. The fourth-order valence-corrected chi connectivity index (χ4v) is 2.70. The zero-order valence-electron chi connectivity index (χ0n) is 11.8. The van der Waals surface area contributed by atoms with Gasteiger partial charge in [0.15, 0.2) is 0 Å². The summed E-state index contributed by atoms with van der Waals surface area (Å²) in [7, 11) is 1.77. The Bertz CT molecular complexity index is 675. The number of benzene rings is 2. The molecule has 1 unspecified atom stereocenters. The van der Waals surface area contributed by atoms with E-state index in [1.54, 1.807) is 30.1 Å². The van der Waals surface area contributed by atoms with Crippen LogP contribution in [-0.2, 0) is 0 Å². The van der Waals surface area contributed by atoms with Gasteiger partial charge in [-0.25, -0.2) is 0 Å². The van der Waals surface area contributed by atoms with Crippen LogP contribution in [0.25, 0.3) is 0 Å². The van der Waals surface area contributed by atoms with Crippen molar-refractivity contribution in [2.45, 2.75) is 13.0 Å². The number of anilines is 1. The third-order valence-corrected chi connectivity index (χ3v) is 4.61. The van der Waals surface area contributed by atoms with E-state index < -0.39 is 0 Å². The van der Waals surface area contributed by atoms with Gasteiger partial charge in [-0.1, -0.05) is 29.8 Å². The van der Waals surface area contributed by atoms with Crippen LogP contribution in [0.1, 0.15) is 28.9 Å². The monoisotopic (exact) mass is 366 g/mol. The fraction of sp³-hybridized carbons (Fsp3) is 0.188. The van der Waals surface area contributed by atoms with Crippen LogP contribution in [0.5, 0.6) is 0 Å². The molecule has 0 spiro atoms. The van der Waals surface area contributed by atoms with Gasteiger partial charge in [0.25, 0.3) is 5.91 Å². The molecule has 0 aliphatic heterocycles. The van der Waals surface area contributed by atoms with Gasteiger partial charge in [0, 0.05) is 17.8 Å². The van der Waals surface area contributed by atoms with Crippen molar-refractivity contribution in [3.05, 3.63) is 63.1 Å². The fourth-order valence-electron chi connectivity index (χ4n) is 2.07. The molecule has 0 saturated heterocycles. The molecule has 2 N–H and O–H groups in total. The Hall–Kier alpha value is -1.52. The number of carbonyl (C=O) groups is 1. The summed E-state index contributed by atoms with van der Waals surface area (Å²) in [5.41, 5.74) is 7.91. The molecule has 2 aromatic rings. The summed E-state index contributed by atoms with van der Waals surface area (Å²) in [6, 6.07) is 12.7. The van der Waals surface area contributed by atoms with E-state index >= 15 is 0 Å². The van der Waals surface area contributed by atoms with Crippen molar-refractivity contribution in [3.63, 3.8) is 0 Å². The molecule has 5 heteroatoms. The summed E-state index contributed by atoms with van der Waals surface area (Å²) in [5.74, 6) is -0.0957. The van der Waals surface area contributed by atoms with Gasteiger partial charge in [0.1, 0.15) is 0 Å². The van der Waals surface area contributed by atoms with Crippen LogP contribution >= 0.6 is 27.5 Å². The van der Waals surface area contributed by atoms with E-state index in [0.29, 0.717) is 20.7 Å². The zero-order valence-corrected chi connectivity index (χ0v) is 14.1. The van der Waals surface area contributed by atoms with E-state index in [1.165, 1.54) is 0 Å². The van der Waals surface area contributed by atoms with Crippen molar-refractivity contribution < 1.29 is 4.79 Å². The van der Waals surface area contributed by atoms with Gasteiger partial charge in [-0.2, -0.15) is 0 Å². The highest BCUT2D eigenvalue weighted by atomic mass is 79.9. The Kier molecular flexibility index (Phi) is 4.91. The normalized spacial score (nSPS) is 12.0. The number of hydrogen-bond acceptors (Lipinski definition) is 2. The number of nitrogens with zero attached hydrogens (tertiary/aromatic N) is 1. The molecule has 0 aliphatic rings. The largest absolute Gasteiger partial charge is 0.398 e. The van der Waals surface area contributed by atoms with Crippen LogP contribution in [0.15, 0.2) is 46.9 Å². The van der Waals surface area contributed by atoms with Crippen molar-refractivity contribution in [2.24, 2.45) is 0 Å². The van der Waals surface area contributed by atoms with Crippen molar-refractivity contribution in [2.75, 3.05) is 12.8 Å². The second-order valence-electron chi connectivity index (χ2n) is 4.86. The molecular formula is C16H16BrClN2O. The molecule has 0 heterocycles.